The van der Waals surface area contributed by atoms with E-state index in [9.17, 15) is 34.0 Å². The maximum Gasteiger partial charge on any atom is 0.397 e. The molecule has 0 bridgehead atoms. The first kappa shape index (κ1) is 23.9. The van der Waals surface area contributed by atoms with Crippen molar-refractivity contribution < 1.29 is 52.2 Å². The van der Waals surface area contributed by atoms with Crippen LogP contribution in [0.15, 0.2) is 42.5 Å². The van der Waals surface area contributed by atoms with Crippen LogP contribution in [0.1, 0.15) is 11.1 Å². The van der Waals surface area contributed by atoms with E-state index >= 15 is 0 Å². The van der Waals surface area contributed by atoms with Crippen molar-refractivity contribution in [2.75, 3.05) is 6.61 Å². The maximum absolute atomic E-state index is 11.2. The van der Waals surface area contributed by atoms with Crippen LogP contribution in [-0.2, 0) is 19.3 Å². The molecule has 0 aromatic heterocycles. The number of benzene rings is 2. The average molecular weight is 470 g/mol. The van der Waals surface area contributed by atoms with Crippen molar-refractivity contribution in [1.82, 2.24) is 0 Å². The van der Waals surface area contributed by atoms with Crippen molar-refractivity contribution in [1.29, 1.82) is 0 Å². The summed E-state index contributed by atoms with van der Waals surface area (Å²) >= 11 is 0. The first-order valence-corrected chi connectivity index (χ1v) is 10.7. The number of ether oxygens (including phenoxy) is 2. The second-order valence-corrected chi connectivity index (χ2v) is 8.05. The Bertz CT molecular complexity index is 1050. The normalized spacial score (nSPS) is 26.3. The minimum Gasteiger partial charge on any atom is -0.508 e. The van der Waals surface area contributed by atoms with E-state index in [1.54, 1.807) is 24.3 Å². The van der Waals surface area contributed by atoms with Crippen LogP contribution in [0.2, 0.25) is 0 Å². The van der Waals surface area contributed by atoms with Gasteiger partial charge in [-0.3, -0.25) is 4.55 Å². The Kier molecular flexibility index (Phi) is 7.36. The van der Waals surface area contributed by atoms with Gasteiger partial charge in [-0.2, -0.15) is 8.42 Å². The third kappa shape index (κ3) is 6.17. The predicted molar refractivity (Wildman–Crippen MR) is 110 cm³/mol. The van der Waals surface area contributed by atoms with Crippen molar-refractivity contribution in [3.05, 3.63) is 53.6 Å². The Labute approximate surface area is 183 Å². The van der Waals surface area contributed by atoms with Crippen molar-refractivity contribution in [2.24, 2.45) is 0 Å². The van der Waals surface area contributed by atoms with Crippen LogP contribution >= 0.6 is 0 Å². The predicted octanol–water partition coefficient (Wildman–Crippen LogP) is 0.274. The molecule has 1 saturated heterocycles. The molecule has 32 heavy (non-hydrogen) atoms. The Morgan fingerprint density at radius 2 is 1.59 bits per heavy atom. The van der Waals surface area contributed by atoms with E-state index in [4.69, 9.17) is 14.0 Å². The number of phenolic OH excluding ortho intramolecular Hbond substituents is 2. The van der Waals surface area contributed by atoms with Crippen molar-refractivity contribution in [2.45, 2.75) is 30.7 Å². The zero-order chi connectivity index (χ0) is 23.5. The molecule has 2 aromatic rings. The largest absolute Gasteiger partial charge is 0.508 e. The summed E-state index contributed by atoms with van der Waals surface area (Å²) in [6.07, 6.45) is -5.17. The number of rotatable bonds is 7. The summed E-state index contributed by atoms with van der Waals surface area (Å²) in [5.41, 5.74) is 1.23. The Morgan fingerprint density at radius 1 is 0.938 bits per heavy atom. The number of hydrogen-bond acceptors (Lipinski definition) is 10. The van der Waals surface area contributed by atoms with E-state index in [1.165, 1.54) is 30.3 Å². The molecular weight excluding hydrogens is 448 g/mol. The van der Waals surface area contributed by atoms with Crippen molar-refractivity contribution in [3.63, 3.8) is 0 Å². The van der Waals surface area contributed by atoms with Crippen molar-refractivity contribution in [3.8, 4) is 17.2 Å². The van der Waals surface area contributed by atoms with Gasteiger partial charge in [0, 0.05) is 6.07 Å². The third-order valence-electron chi connectivity index (χ3n) is 4.58. The van der Waals surface area contributed by atoms with Gasteiger partial charge in [0.25, 0.3) is 0 Å². The van der Waals surface area contributed by atoms with E-state index in [1.807, 2.05) is 0 Å². The van der Waals surface area contributed by atoms with E-state index in [-0.39, 0.29) is 17.2 Å². The minimum absolute atomic E-state index is 0.0235. The summed E-state index contributed by atoms with van der Waals surface area (Å²) in [5, 5.41) is 48.8. The van der Waals surface area contributed by atoms with Crippen LogP contribution < -0.4 is 4.74 Å². The van der Waals surface area contributed by atoms with Gasteiger partial charge in [-0.1, -0.05) is 24.3 Å². The zero-order valence-electron chi connectivity index (χ0n) is 16.4. The van der Waals surface area contributed by atoms with Gasteiger partial charge < -0.3 is 35.0 Å². The second-order valence-electron chi connectivity index (χ2n) is 7.00. The summed E-state index contributed by atoms with van der Waals surface area (Å²) in [6, 6.07) is 10.4. The number of aromatic hydroxyl groups is 2. The summed E-state index contributed by atoms with van der Waals surface area (Å²) in [4.78, 5) is 0. The lowest BCUT2D eigenvalue weighted by atomic mass is 9.99. The lowest BCUT2D eigenvalue weighted by Gasteiger charge is -2.40. The van der Waals surface area contributed by atoms with E-state index in [2.05, 4.69) is 4.18 Å². The van der Waals surface area contributed by atoms with E-state index in [0.717, 1.165) is 5.56 Å². The smallest absolute Gasteiger partial charge is 0.397 e. The molecule has 174 valence electrons. The van der Waals surface area contributed by atoms with E-state index < -0.39 is 47.7 Å². The average Bonchev–Trinajstić information content (AvgIpc) is 2.72. The van der Waals surface area contributed by atoms with Crippen LogP contribution in [-0.4, -0.2) is 75.8 Å². The molecule has 6 N–H and O–H groups in total. The Balaban J connectivity index is 1.85. The Hall–Kier alpha value is -2.71. The first-order valence-electron chi connectivity index (χ1n) is 9.32. The molecule has 11 nitrogen and oxygen atoms in total. The van der Waals surface area contributed by atoms with Gasteiger partial charge in [0.05, 0.1) is 6.61 Å². The molecule has 0 aliphatic carbocycles. The van der Waals surface area contributed by atoms with Crippen LogP contribution in [0.4, 0.5) is 0 Å². The molecule has 0 spiro atoms. The van der Waals surface area contributed by atoms with Crippen molar-refractivity contribution >= 4 is 22.6 Å². The van der Waals surface area contributed by atoms with Gasteiger partial charge in [-0.05, 0) is 35.4 Å². The fourth-order valence-corrected chi connectivity index (χ4v) is 3.56. The van der Waals surface area contributed by atoms with Crippen LogP contribution in [0, 0.1) is 0 Å². The zero-order valence-corrected chi connectivity index (χ0v) is 17.2. The molecule has 0 radical (unpaired) electrons. The molecule has 1 aliphatic rings. The number of aliphatic hydroxyl groups excluding tert-OH is 3. The van der Waals surface area contributed by atoms with Crippen LogP contribution in [0.3, 0.4) is 0 Å². The third-order valence-corrected chi connectivity index (χ3v) is 5.05. The van der Waals surface area contributed by atoms with Gasteiger partial charge in [-0.15, -0.1) is 0 Å². The number of phenols is 2. The van der Waals surface area contributed by atoms with Gasteiger partial charge in [0.1, 0.15) is 35.6 Å². The number of aliphatic hydroxyl groups is 3. The highest BCUT2D eigenvalue weighted by molar-refractivity contribution is 7.80. The molecule has 0 amide bonds. The molecule has 5 atom stereocenters. The number of hydrogen-bond donors (Lipinski definition) is 6. The SMILES string of the molecule is O=S(=O)(O)OC1C(Oc2cc(O)cc(/C=C\c3ccc(O)cc3)c2)OC(CO)C(O)C1O. The second kappa shape index (κ2) is 9.83. The van der Waals surface area contributed by atoms with Crippen LogP contribution in [0.25, 0.3) is 12.2 Å². The molecule has 2 aromatic carbocycles. The highest BCUT2D eigenvalue weighted by Gasteiger charge is 2.48. The standard InChI is InChI=1S/C20H22O11S/c21-10-16-17(24)18(25)19(31-32(26,27)28)20(30-16)29-15-8-12(7-14(23)9-15)2-1-11-3-5-13(22)6-4-11/h1-9,16-25H,10H2,(H,26,27,28)/b2-1-. The summed E-state index contributed by atoms with van der Waals surface area (Å²) in [5.74, 6) is -0.127. The van der Waals surface area contributed by atoms with Crippen LogP contribution in [0.5, 0.6) is 17.2 Å². The lowest BCUT2D eigenvalue weighted by molar-refractivity contribution is -0.271. The van der Waals surface area contributed by atoms with E-state index in [0.29, 0.717) is 5.56 Å². The molecule has 1 fully saturated rings. The summed E-state index contributed by atoms with van der Waals surface area (Å²) in [6.45, 7) is -0.725. The maximum atomic E-state index is 11.2. The molecule has 0 saturated carbocycles. The Morgan fingerprint density at radius 3 is 2.22 bits per heavy atom. The monoisotopic (exact) mass is 470 g/mol. The summed E-state index contributed by atoms with van der Waals surface area (Å²) in [7, 11) is -5.06. The fraction of sp³-hybridized carbons (Fsp3) is 0.300. The molecule has 3 rings (SSSR count). The quantitative estimate of drug-likeness (QED) is 0.241. The van der Waals surface area contributed by atoms with Gasteiger partial charge in [-0.25, -0.2) is 4.18 Å². The minimum atomic E-state index is -5.06. The molecule has 1 heterocycles. The van der Waals surface area contributed by atoms with Gasteiger partial charge in [0.2, 0.25) is 6.29 Å². The molecular formula is C20H22O11S. The highest BCUT2D eigenvalue weighted by atomic mass is 32.3. The van der Waals surface area contributed by atoms with Gasteiger partial charge in [0.15, 0.2) is 6.10 Å². The topological polar surface area (TPSA) is 183 Å². The fourth-order valence-electron chi connectivity index (χ4n) is 3.08. The molecule has 1 aliphatic heterocycles. The molecule has 12 heteroatoms. The summed E-state index contributed by atoms with van der Waals surface area (Å²) < 4.78 is 46.5. The van der Waals surface area contributed by atoms with Gasteiger partial charge >= 0.3 is 10.4 Å². The molecule has 5 unspecified atom stereocenters. The first-order chi connectivity index (χ1) is 15.1. The highest BCUT2D eigenvalue weighted by Crippen LogP contribution is 2.30. The lowest BCUT2D eigenvalue weighted by Crippen LogP contribution is -2.61.